The van der Waals surface area contributed by atoms with E-state index in [2.05, 4.69) is 0 Å². The molecule has 0 aliphatic rings. The molecule has 0 atom stereocenters. The number of benzene rings is 1. The van der Waals surface area contributed by atoms with E-state index in [9.17, 15) is 17.6 Å². The summed E-state index contributed by atoms with van der Waals surface area (Å²) >= 11 is 5.69. The summed E-state index contributed by atoms with van der Waals surface area (Å²) in [6.45, 7) is 4.33. The molecule has 0 aliphatic heterocycles. The van der Waals surface area contributed by atoms with Crippen molar-refractivity contribution < 1.29 is 17.6 Å². The Labute approximate surface area is 117 Å². The second kappa shape index (κ2) is 5.88. The van der Waals surface area contributed by atoms with Crippen molar-refractivity contribution in [2.24, 2.45) is 0 Å². The SMILES string of the molecule is CCN(CC)C(=O)c1ccc(Cl)c(S(C)(=O)=O)c1F. The molecule has 0 N–H and O–H groups in total. The molecular formula is C12H15ClFNO3S. The third-order valence-electron chi connectivity index (χ3n) is 2.70. The Balaban J connectivity index is 3.45. The summed E-state index contributed by atoms with van der Waals surface area (Å²) in [5.41, 5.74) is -0.284. The number of sulfone groups is 1. The lowest BCUT2D eigenvalue weighted by Crippen LogP contribution is -2.31. The Morgan fingerprint density at radius 1 is 1.32 bits per heavy atom. The fourth-order valence-corrected chi connectivity index (χ4v) is 3.14. The topological polar surface area (TPSA) is 54.5 Å². The number of halogens is 2. The van der Waals surface area contributed by atoms with Gasteiger partial charge in [0, 0.05) is 19.3 Å². The number of nitrogens with zero attached hydrogens (tertiary/aromatic N) is 1. The molecule has 1 aromatic rings. The summed E-state index contributed by atoms with van der Waals surface area (Å²) in [4.78, 5) is 12.8. The highest BCUT2D eigenvalue weighted by molar-refractivity contribution is 7.90. The third kappa shape index (κ3) is 3.25. The zero-order valence-electron chi connectivity index (χ0n) is 10.9. The van der Waals surface area contributed by atoms with Gasteiger partial charge in [-0.1, -0.05) is 11.6 Å². The number of amides is 1. The maximum absolute atomic E-state index is 14.2. The minimum atomic E-state index is -3.84. The standard InChI is InChI=1S/C12H15ClFNO3S/c1-4-15(5-2)12(16)8-6-7-9(13)11(10(8)14)19(3,17)18/h6-7H,4-5H2,1-3H3. The van der Waals surface area contributed by atoms with Crippen LogP contribution < -0.4 is 0 Å². The van der Waals surface area contributed by atoms with Crippen molar-refractivity contribution in [1.82, 2.24) is 4.90 Å². The number of hydrogen-bond donors (Lipinski definition) is 0. The molecule has 0 aromatic heterocycles. The van der Waals surface area contributed by atoms with Crippen molar-refractivity contribution in [2.45, 2.75) is 18.7 Å². The Bertz CT molecular complexity index is 597. The van der Waals surface area contributed by atoms with Crippen LogP contribution in [0, 0.1) is 5.82 Å². The Hall–Kier alpha value is -1.14. The first-order chi connectivity index (χ1) is 8.73. The Morgan fingerprint density at radius 3 is 2.26 bits per heavy atom. The van der Waals surface area contributed by atoms with Crippen LogP contribution in [0.25, 0.3) is 0 Å². The largest absolute Gasteiger partial charge is 0.339 e. The molecule has 0 heterocycles. The molecule has 0 unspecified atom stereocenters. The molecule has 0 bridgehead atoms. The van der Waals surface area contributed by atoms with Crippen molar-refractivity contribution in [1.29, 1.82) is 0 Å². The summed E-state index contributed by atoms with van der Waals surface area (Å²) in [5, 5.41) is -0.226. The lowest BCUT2D eigenvalue weighted by molar-refractivity contribution is 0.0767. The van der Waals surface area contributed by atoms with Crippen molar-refractivity contribution in [2.75, 3.05) is 19.3 Å². The minimum absolute atomic E-state index is 0.226. The minimum Gasteiger partial charge on any atom is -0.339 e. The molecular weight excluding hydrogens is 293 g/mol. The van der Waals surface area contributed by atoms with Gasteiger partial charge in [-0.2, -0.15) is 0 Å². The summed E-state index contributed by atoms with van der Waals surface area (Å²) in [7, 11) is -3.84. The van der Waals surface area contributed by atoms with Crippen LogP contribution in [0.4, 0.5) is 4.39 Å². The number of carbonyl (C=O) groups is 1. The molecule has 19 heavy (non-hydrogen) atoms. The zero-order valence-corrected chi connectivity index (χ0v) is 12.5. The maximum Gasteiger partial charge on any atom is 0.256 e. The van der Waals surface area contributed by atoms with E-state index < -0.39 is 26.5 Å². The highest BCUT2D eigenvalue weighted by atomic mass is 35.5. The van der Waals surface area contributed by atoms with Gasteiger partial charge >= 0.3 is 0 Å². The first-order valence-corrected chi connectivity index (χ1v) is 7.98. The van der Waals surface area contributed by atoms with Crippen LogP contribution in [0.3, 0.4) is 0 Å². The second-order valence-corrected chi connectivity index (χ2v) is 6.35. The molecule has 0 spiro atoms. The van der Waals surface area contributed by atoms with Gasteiger partial charge in [-0.3, -0.25) is 4.79 Å². The molecule has 0 aliphatic carbocycles. The van der Waals surface area contributed by atoms with E-state index in [0.29, 0.717) is 13.1 Å². The van der Waals surface area contributed by atoms with Crippen LogP contribution in [0.15, 0.2) is 17.0 Å². The van der Waals surface area contributed by atoms with E-state index >= 15 is 0 Å². The first-order valence-electron chi connectivity index (χ1n) is 5.71. The van der Waals surface area contributed by atoms with E-state index in [1.807, 2.05) is 0 Å². The first kappa shape index (κ1) is 15.9. The predicted octanol–water partition coefficient (Wildman–Crippen LogP) is 2.36. The van der Waals surface area contributed by atoms with Gasteiger partial charge in [0.25, 0.3) is 5.91 Å². The van der Waals surface area contributed by atoms with E-state index in [-0.39, 0.29) is 10.6 Å². The normalized spacial score (nSPS) is 11.4. The van der Waals surface area contributed by atoms with Gasteiger partial charge in [-0.15, -0.1) is 0 Å². The fraction of sp³-hybridized carbons (Fsp3) is 0.417. The third-order valence-corrected chi connectivity index (χ3v) is 4.27. The van der Waals surface area contributed by atoms with Crippen molar-refractivity contribution in [3.05, 3.63) is 28.5 Å². The monoisotopic (exact) mass is 307 g/mol. The van der Waals surface area contributed by atoms with Crippen LogP contribution in [-0.4, -0.2) is 38.6 Å². The van der Waals surface area contributed by atoms with Gasteiger partial charge in [-0.25, -0.2) is 12.8 Å². The molecule has 1 rings (SSSR count). The molecule has 7 heteroatoms. The van der Waals surface area contributed by atoms with E-state index in [1.54, 1.807) is 13.8 Å². The molecule has 4 nitrogen and oxygen atoms in total. The molecule has 1 amide bonds. The van der Waals surface area contributed by atoms with E-state index in [4.69, 9.17) is 11.6 Å². The maximum atomic E-state index is 14.2. The van der Waals surface area contributed by atoms with Crippen LogP contribution in [-0.2, 0) is 9.84 Å². The molecule has 0 saturated heterocycles. The van der Waals surface area contributed by atoms with Crippen molar-refractivity contribution >= 4 is 27.3 Å². The van der Waals surface area contributed by atoms with Gasteiger partial charge in [0.1, 0.15) is 4.90 Å². The van der Waals surface area contributed by atoms with Gasteiger partial charge in [0.2, 0.25) is 0 Å². The van der Waals surface area contributed by atoms with Crippen LogP contribution in [0.2, 0.25) is 5.02 Å². The molecule has 1 aromatic carbocycles. The fourth-order valence-electron chi connectivity index (χ4n) is 1.72. The van der Waals surface area contributed by atoms with Crippen molar-refractivity contribution in [3.63, 3.8) is 0 Å². The Morgan fingerprint density at radius 2 is 1.84 bits per heavy atom. The molecule has 0 fully saturated rings. The van der Waals surface area contributed by atoms with Crippen LogP contribution in [0.1, 0.15) is 24.2 Å². The highest BCUT2D eigenvalue weighted by Gasteiger charge is 2.25. The van der Waals surface area contributed by atoms with Gasteiger partial charge in [0.05, 0.1) is 10.6 Å². The molecule has 0 radical (unpaired) electrons. The van der Waals surface area contributed by atoms with Crippen LogP contribution >= 0.6 is 11.6 Å². The average molecular weight is 308 g/mol. The van der Waals surface area contributed by atoms with E-state index in [1.165, 1.54) is 17.0 Å². The molecule has 106 valence electrons. The summed E-state index contributed by atoms with van der Waals surface area (Å²) in [6.07, 6.45) is 0.850. The molecule has 0 saturated carbocycles. The summed E-state index contributed by atoms with van der Waals surface area (Å²) < 4.78 is 37.2. The van der Waals surface area contributed by atoms with Gasteiger partial charge in [-0.05, 0) is 26.0 Å². The predicted molar refractivity (Wildman–Crippen MR) is 71.8 cm³/mol. The highest BCUT2D eigenvalue weighted by Crippen LogP contribution is 2.27. The van der Waals surface area contributed by atoms with Gasteiger partial charge < -0.3 is 4.90 Å². The smallest absolute Gasteiger partial charge is 0.256 e. The van der Waals surface area contributed by atoms with Crippen molar-refractivity contribution in [3.8, 4) is 0 Å². The number of rotatable bonds is 4. The second-order valence-electron chi connectivity index (χ2n) is 3.99. The summed E-state index contributed by atoms with van der Waals surface area (Å²) in [6, 6.07) is 2.42. The van der Waals surface area contributed by atoms with Crippen LogP contribution in [0.5, 0.6) is 0 Å². The average Bonchev–Trinajstić information content (AvgIpc) is 2.28. The zero-order chi connectivity index (χ0) is 14.8. The Kier molecular flexibility index (Phi) is 4.92. The lowest BCUT2D eigenvalue weighted by atomic mass is 10.2. The summed E-state index contributed by atoms with van der Waals surface area (Å²) in [5.74, 6) is -1.64. The lowest BCUT2D eigenvalue weighted by Gasteiger charge is -2.19. The van der Waals surface area contributed by atoms with E-state index in [0.717, 1.165) is 6.26 Å². The number of carbonyl (C=O) groups excluding carboxylic acids is 1. The quantitative estimate of drug-likeness (QED) is 0.858. The van der Waals surface area contributed by atoms with Gasteiger partial charge in [0.15, 0.2) is 15.7 Å². The number of hydrogen-bond acceptors (Lipinski definition) is 3.